The van der Waals surface area contributed by atoms with Crippen LogP contribution in [0.3, 0.4) is 0 Å². The van der Waals surface area contributed by atoms with Gasteiger partial charge in [-0.15, -0.1) is 0 Å². The van der Waals surface area contributed by atoms with Crippen LogP contribution in [-0.2, 0) is 14.8 Å². The zero-order valence-electron chi connectivity index (χ0n) is 13.9. The highest BCUT2D eigenvalue weighted by Crippen LogP contribution is 2.26. The Kier molecular flexibility index (Phi) is 6.02. The number of sulfonamides is 1. The lowest BCUT2D eigenvalue weighted by Crippen LogP contribution is -2.43. The summed E-state index contributed by atoms with van der Waals surface area (Å²) in [5.74, 6) is -0.552. The number of hydrogen-bond acceptors (Lipinski definition) is 3. The average Bonchev–Trinajstić information content (AvgIpc) is 2.62. The maximum atomic E-state index is 12.8. The van der Waals surface area contributed by atoms with Gasteiger partial charge in [-0.3, -0.25) is 4.79 Å². The van der Waals surface area contributed by atoms with Crippen LogP contribution in [0.25, 0.3) is 0 Å². The van der Waals surface area contributed by atoms with Crippen LogP contribution in [0.4, 0.5) is 5.69 Å². The molecule has 8 heteroatoms. The lowest BCUT2D eigenvalue weighted by Gasteiger charge is -2.31. The predicted molar refractivity (Wildman–Crippen MR) is 106 cm³/mol. The summed E-state index contributed by atoms with van der Waals surface area (Å²) in [4.78, 5) is 12.8. The van der Waals surface area contributed by atoms with Gasteiger partial charge < -0.3 is 5.32 Å². The Morgan fingerprint density at radius 2 is 1.92 bits per heavy atom. The molecule has 5 nitrogen and oxygen atoms in total. The molecule has 138 valence electrons. The summed E-state index contributed by atoms with van der Waals surface area (Å²) in [7, 11) is -3.64. The molecule has 2 aromatic rings. The zero-order chi connectivity index (χ0) is 18.7. The monoisotopic (exact) mass is 456 g/mol. The molecule has 0 radical (unpaired) electrons. The van der Waals surface area contributed by atoms with E-state index >= 15 is 0 Å². The second kappa shape index (κ2) is 8.08. The van der Waals surface area contributed by atoms with E-state index in [1.807, 2.05) is 18.2 Å². The molecule has 1 atom stereocenters. The summed E-state index contributed by atoms with van der Waals surface area (Å²) in [6.07, 6.45) is 1.30. The third kappa shape index (κ3) is 4.46. The van der Waals surface area contributed by atoms with E-state index in [-0.39, 0.29) is 23.3 Å². The largest absolute Gasteiger partial charge is 0.326 e. The number of halogens is 2. The SMILES string of the molecule is O=C(Nc1cccc(Br)c1)[C@H]1CCCN(S(=O)(=O)c2ccc(Cl)cc2)C1. The molecule has 1 heterocycles. The molecule has 0 aliphatic carbocycles. The standard InChI is InChI=1S/C18H18BrClN2O3S/c19-14-4-1-5-16(11-14)21-18(23)13-3-2-10-22(12-13)26(24,25)17-8-6-15(20)7-9-17/h1,4-9,11,13H,2-3,10,12H2,(H,21,23)/t13-/m0/s1. The van der Waals surface area contributed by atoms with Crippen molar-refractivity contribution >= 4 is 49.1 Å². The summed E-state index contributed by atoms with van der Waals surface area (Å²) in [6.45, 7) is 0.580. The predicted octanol–water partition coefficient (Wildman–Crippen LogP) is 4.14. The molecule has 3 rings (SSSR count). The van der Waals surface area contributed by atoms with Crippen molar-refractivity contribution in [1.29, 1.82) is 0 Å². The van der Waals surface area contributed by atoms with Gasteiger partial charge in [0.15, 0.2) is 0 Å². The van der Waals surface area contributed by atoms with Crippen molar-refractivity contribution in [2.75, 3.05) is 18.4 Å². The van der Waals surface area contributed by atoms with Gasteiger partial charge in [0.1, 0.15) is 0 Å². The van der Waals surface area contributed by atoms with Crippen molar-refractivity contribution in [3.05, 3.63) is 58.0 Å². The summed E-state index contributed by atoms with van der Waals surface area (Å²) >= 11 is 9.20. The van der Waals surface area contributed by atoms with E-state index in [0.29, 0.717) is 30.1 Å². The van der Waals surface area contributed by atoms with Crippen molar-refractivity contribution in [2.24, 2.45) is 5.92 Å². The van der Waals surface area contributed by atoms with Crippen LogP contribution in [0, 0.1) is 5.92 Å². The highest BCUT2D eigenvalue weighted by molar-refractivity contribution is 9.10. The number of carbonyl (C=O) groups excluding carboxylic acids is 1. The van der Waals surface area contributed by atoms with E-state index in [9.17, 15) is 13.2 Å². The van der Waals surface area contributed by atoms with Crippen molar-refractivity contribution in [1.82, 2.24) is 4.31 Å². The van der Waals surface area contributed by atoms with Crippen LogP contribution in [0.15, 0.2) is 57.9 Å². The number of hydrogen-bond donors (Lipinski definition) is 1. The fourth-order valence-corrected chi connectivity index (χ4v) is 4.99. The Morgan fingerprint density at radius 3 is 2.62 bits per heavy atom. The molecule has 0 unspecified atom stereocenters. The number of benzene rings is 2. The first kappa shape index (κ1) is 19.4. The molecule has 1 N–H and O–H groups in total. The minimum Gasteiger partial charge on any atom is -0.326 e. The van der Waals surface area contributed by atoms with Crippen molar-refractivity contribution < 1.29 is 13.2 Å². The van der Waals surface area contributed by atoms with E-state index in [1.165, 1.54) is 16.4 Å². The number of carbonyl (C=O) groups is 1. The summed E-state index contributed by atoms with van der Waals surface area (Å²) in [6, 6.07) is 13.4. The number of amides is 1. The van der Waals surface area contributed by atoms with Gasteiger partial charge in [-0.05, 0) is 55.3 Å². The molecule has 0 bridgehead atoms. The molecule has 1 saturated heterocycles. The molecular formula is C18H18BrClN2O3S. The minimum atomic E-state index is -3.64. The van der Waals surface area contributed by atoms with Gasteiger partial charge in [-0.1, -0.05) is 33.6 Å². The second-order valence-corrected chi connectivity index (χ2v) is 9.45. The smallest absolute Gasteiger partial charge is 0.243 e. The van der Waals surface area contributed by atoms with Crippen LogP contribution in [0.5, 0.6) is 0 Å². The third-order valence-corrected chi connectivity index (χ3v) is 6.92. The highest BCUT2D eigenvalue weighted by atomic mass is 79.9. The summed E-state index contributed by atoms with van der Waals surface area (Å²) in [5, 5.41) is 3.34. The average molecular weight is 458 g/mol. The van der Waals surface area contributed by atoms with Gasteiger partial charge in [0.25, 0.3) is 0 Å². The van der Waals surface area contributed by atoms with E-state index in [1.54, 1.807) is 18.2 Å². The maximum absolute atomic E-state index is 12.8. The van der Waals surface area contributed by atoms with E-state index < -0.39 is 10.0 Å². The van der Waals surface area contributed by atoms with Gasteiger partial charge in [-0.25, -0.2) is 8.42 Å². The molecule has 26 heavy (non-hydrogen) atoms. The third-order valence-electron chi connectivity index (χ3n) is 4.30. The van der Waals surface area contributed by atoms with E-state index in [0.717, 1.165) is 4.47 Å². The normalized spacial score (nSPS) is 18.5. The molecule has 1 aliphatic heterocycles. The Labute approximate surface area is 166 Å². The molecular weight excluding hydrogens is 440 g/mol. The quantitative estimate of drug-likeness (QED) is 0.750. The number of rotatable bonds is 4. The first-order valence-electron chi connectivity index (χ1n) is 8.18. The van der Waals surface area contributed by atoms with Gasteiger partial charge >= 0.3 is 0 Å². The van der Waals surface area contributed by atoms with Crippen LogP contribution in [-0.4, -0.2) is 31.7 Å². The van der Waals surface area contributed by atoms with Crippen LogP contribution in [0.1, 0.15) is 12.8 Å². The number of anilines is 1. The lowest BCUT2D eigenvalue weighted by atomic mass is 9.99. The van der Waals surface area contributed by atoms with Crippen LogP contribution in [0.2, 0.25) is 5.02 Å². The molecule has 0 aromatic heterocycles. The first-order chi connectivity index (χ1) is 12.4. The molecule has 0 spiro atoms. The first-order valence-corrected chi connectivity index (χ1v) is 10.8. The van der Waals surface area contributed by atoms with Crippen molar-refractivity contribution in [2.45, 2.75) is 17.7 Å². The highest BCUT2D eigenvalue weighted by Gasteiger charge is 2.33. The molecule has 1 aliphatic rings. The Morgan fingerprint density at radius 1 is 1.19 bits per heavy atom. The fourth-order valence-electron chi connectivity index (χ4n) is 2.94. The van der Waals surface area contributed by atoms with E-state index in [2.05, 4.69) is 21.2 Å². The topological polar surface area (TPSA) is 66.5 Å². The summed E-state index contributed by atoms with van der Waals surface area (Å²) in [5.41, 5.74) is 0.682. The minimum absolute atomic E-state index is 0.167. The van der Waals surface area contributed by atoms with Crippen molar-refractivity contribution in [3.63, 3.8) is 0 Å². The Balaban J connectivity index is 1.72. The molecule has 1 fully saturated rings. The second-order valence-electron chi connectivity index (χ2n) is 6.16. The van der Waals surface area contributed by atoms with Gasteiger partial charge in [0.2, 0.25) is 15.9 Å². The fraction of sp³-hybridized carbons (Fsp3) is 0.278. The van der Waals surface area contributed by atoms with E-state index in [4.69, 9.17) is 11.6 Å². The Bertz CT molecular complexity index is 903. The maximum Gasteiger partial charge on any atom is 0.243 e. The molecule has 1 amide bonds. The summed E-state index contributed by atoms with van der Waals surface area (Å²) < 4.78 is 27.9. The van der Waals surface area contributed by atoms with Crippen LogP contribution < -0.4 is 5.32 Å². The number of nitrogens with one attached hydrogen (secondary N) is 1. The van der Waals surface area contributed by atoms with Gasteiger partial charge in [0.05, 0.1) is 10.8 Å². The number of piperidine rings is 1. The zero-order valence-corrected chi connectivity index (χ0v) is 17.0. The lowest BCUT2D eigenvalue weighted by molar-refractivity contribution is -0.120. The van der Waals surface area contributed by atoms with Gasteiger partial charge in [-0.2, -0.15) is 4.31 Å². The van der Waals surface area contributed by atoms with Crippen molar-refractivity contribution in [3.8, 4) is 0 Å². The molecule has 2 aromatic carbocycles. The Hall–Kier alpha value is -1.41. The number of nitrogens with zero attached hydrogens (tertiary/aromatic N) is 1. The molecule has 0 saturated carbocycles. The van der Waals surface area contributed by atoms with Gasteiger partial charge in [0, 0.05) is 28.3 Å². The van der Waals surface area contributed by atoms with Crippen LogP contribution >= 0.6 is 27.5 Å².